The standard InChI is InChI=1S/C15H19N3O2/c1-10-4-5-13(11(2)8-10)17-15(19)6-7-16-14-9-12(3)20-18-14/h4-5,8-9H,6-7H2,1-3H3,(H,16,18)(H,17,19). The molecule has 106 valence electrons. The lowest BCUT2D eigenvalue weighted by Gasteiger charge is -2.09. The first-order valence-corrected chi connectivity index (χ1v) is 6.59. The third-order valence-electron chi connectivity index (χ3n) is 2.94. The normalized spacial score (nSPS) is 10.3. The van der Waals surface area contributed by atoms with Gasteiger partial charge in [-0.15, -0.1) is 0 Å². The molecular weight excluding hydrogens is 254 g/mol. The highest BCUT2D eigenvalue weighted by atomic mass is 16.5. The van der Waals surface area contributed by atoms with Crippen molar-refractivity contribution >= 4 is 17.4 Å². The molecule has 0 bridgehead atoms. The number of benzene rings is 1. The Balaban J connectivity index is 1.80. The molecule has 0 atom stereocenters. The van der Waals surface area contributed by atoms with Crippen LogP contribution >= 0.6 is 0 Å². The van der Waals surface area contributed by atoms with Gasteiger partial charge in [-0.1, -0.05) is 22.9 Å². The summed E-state index contributed by atoms with van der Waals surface area (Å²) < 4.78 is 4.93. The molecule has 1 amide bonds. The van der Waals surface area contributed by atoms with Gasteiger partial charge < -0.3 is 15.2 Å². The van der Waals surface area contributed by atoms with Gasteiger partial charge in [0.2, 0.25) is 5.91 Å². The van der Waals surface area contributed by atoms with Crippen LogP contribution in [-0.4, -0.2) is 17.6 Å². The van der Waals surface area contributed by atoms with Crippen LogP contribution in [0.15, 0.2) is 28.8 Å². The average Bonchev–Trinajstić information content (AvgIpc) is 2.79. The van der Waals surface area contributed by atoms with E-state index in [0.29, 0.717) is 18.8 Å². The topological polar surface area (TPSA) is 67.2 Å². The zero-order chi connectivity index (χ0) is 14.5. The molecule has 5 heteroatoms. The van der Waals surface area contributed by atoms with Crippen LogP contribution in [0.3, 0.4) is 0 Å². The number of hydrogen-bond donors (Lipinski definition) is 2. The lowest BCUT2D eigenvalue weighted by Crippen LogP contribution is -2.16. The monoisotopic (exact) mass is 273 g/mol. The zero-order valence-electron chi connectivity index (χ0n) is 12.0. The summed E-state index contributed by atoms with van der Waals surface area (Å²) in [5.74, 6) is 1.37. The molecule has 1 aromatic heterocycles. The predicted molar refractivity (Wildman–Crippen MR) is 78.9 cm³/mol. The van der Waals surface area contributed by atoms with Crippen molar-refractivity contribution in [2.75, 3.05) is 17.2 Å². The first kappa shape index (κ1) is 14.1. The van der Waals surface area contributed by atoms with Gasteiger partial charge in [0, 0.05) is 24.7 Å². The van der Waals surface area contributed by atoms with E-state index in [1.165, 1.54) is 5.56 Å². The Hall–Kier alpha value is -2.30. The molecule has 20 heavy (non-hydrogen) atoms. The van der Waals surface area contributed by atoms with Crippen LogP contribution in [0.4, 0.5) is 11.5 Å². The van der Waals surface area contributed by atoms with Crippen molar-refractivity contribution < 1.29 is 9.32 Å². The Labute approximate surface area is 118 Å². The van der Waals surface area contributed by atoms with Crippen molar-refractivity contribution in [1.29, 1.82) is 0 Å². The number of nitrogens with one attached hydrogen (secondary N) is 2. The number of nitrogens with zero attached hydrogens (tertiary/aromatic N) is 1. The minimum absolute atomic E-state index is 0.0235. The Bertz CT molecular complexity index is 605. The highest BCUT2D eigenvalue weighted by Crippen LogP contribution is 2.16. The van der Waals surface area contributed by atoms with Gasteiger partial charge in [-0.25, -0.2) is 0 Å². The molecule has 0 saturated heterocycles. The Morgan fingerprint density at radius 2 is 2.05 bits per heavy atom. The molecule has 0 radical (unpaired) electrons. The molecule has 2 rings (SSSR count). The number of aryl methyl sites for hydroxylation is 3. The Kier molecular flexibility index (Phi) is 4.40. The van der Waals surface area contributed by atoms with Gasteiger partial charge in [-0.2, -0.15) is 0 Å². The molecule has 0 spiro atoms. The maximum absolute atomic E-state index is 11.9. The van der Waals surface area contributed by atoms with E-state index >= 15 is 0 Å². The van der Waals surface area contributed by atoms with Crippen LogP contribution in [0.5, 0.6) is 0 Å². The van der Waals surface area contributed by atoms with E-state index in [1.807, 2.05) is 39.0 Å². The van der Waals surface area contributed by atoms with E-state index in [2.05, 4.69) is 15.8 Å². The van der Waals surface area contributed by atoms with Crippen LogP contribution in [0.1, 0.15) is 23.3 Å². The Morgan fingerprint density at radius 3 is 2.70 bits per heavy atom. The molecule has 0 saturated carbocycles. The maximum atomic E-state index is 11.9. The van der Waals surface area contributed by atoms with Gasteiger partial charge >= 0.3 is 0 Å². The van der Waals surface area contributed by atoms with Gasteiger partial charge in [-0.05, 0) is 32.4 Å². The van der Waals surface area contributed by atoms with Crippen molar-refractivity contribution in [3.8, 4) is 0 Å². The minimum Gasteiger partial charge on any atom is -0.367 e. The predicted octanol–water partition coefficient (Wildman–Crippen LogP) is 3.04. The molecular formula is C15H19N3O2. The number of carbonyl (C=O) groups is 1. The van der Waals surface area contributed by atoms with E-state index in [4.69, 9.17) is 4.52 Å². The van der Waals surface area contributed by atoms with Gasteiger partial charge in [0.05, 0.1) is 0 Å². The van der Waals surface area contributed by atoms with Crippen molar-refractivity contribution in [3.63, 3.8) is 0 Å². The SMILES string of the molecule is Cc1ccc(NC(=O)CCNc2cc(C)on2)c(C)c1. The number of carbonyl (C=O) groups excluding carboxylic acids is 1. The zero-order valence-corrected chi connectivity index (χ0v) is 12.0. The van der Waals surface area contributed by atoms with Crippen LogP contribution in [-0.2, 0) is 4.79 Å². The number of amides is 1. The molecule has 5 nitrogen and oxygen atoms in total. The fourth-order valence-corrected chi connectivity index (χ4v) is 1.92. The largest absolute Gasteiger partial charge is 0.367 e. The van der Waals surface area contributed by atoms with Gasteiger partial charge in [0.15, 0.2) is 5.82 Å². The molecule has 2 N–H and O–H groups in total. The Morgan fingerprint density at radius 1 is 1.25 bits per heavy atom. The summed E-state index contributed by atoms with van der Waals surface area (Å²) >= 11 is 0. The molecule has 1 heterocycles. The van der Waals surface area contributed by atoms with Crippen molar-refractivity contribution in [1.82, 2.24) is 5.16 Å². The lowest BCUT2D eigenvalue weighted by molar-refractivity contribution is -0.115. The third kappa shape index (κ3) is 3.85. The lowest BCUT2D eigenvalue weighted by atomic mass is 10.1. The van der Waals surface area contributed by atoms with E-state index in [-0.39, 0.29) is 5.91 Å². The highest BCUT2D eigenvalue weighted by Gasteiger charge is 2.05. The molecule has 1 aromatic carbocycles. The fraction of sp³-hybridized carbons (Fsp3) is 0.333. The summed E-state index contributed by atoms with van der Waals surface area (Å²) in [6.07, 6.45) is 0.374. The summed E-state index contributed by atoms with van der Waals surface area (Å²) in [5, 5.41) is 9.75. The van der Waals surface area contributed by atoms with Crippen LogP contribution in [0.2, 0.25) is 0 Å². The van der Waals surface area contributed by atoms with E-state index < -0.39 is 0 Å². The number of hydrogen-bond acceptors (Lipinski definition) is 4. The van der Waals surface area contributed by atoms with Crippen LogP contribution < -0.4 is 10.6 Å². The van der Waals surface area contributed by atoms with Gasteiger partial charge in [-0.3, -0.25) is 4.79 Å². The first-order chi connectivity index (χ1) is 9.54. The van der Waals surface area contributed by atoms with Gasteiger partial charge in [0.25, 0.3) is 0 Å². The fourth-order valence-electron chi connectivity index (χ4n) is 1.92. The van der Waals surface area contributed by atoms with E-state index in [9.17, 15) is 4.79 Å². The molecule has 0 aliphatic heterocycles. The van der Waals surface area contributed by atoms with E-state index in [0.717, 1.165) is 17.0 Å². The number of aromatic nitrogens is 1. The number of rotatable bonds is 5. The van der Waals surface area contributed by atoms with Crippen molar-refractivity contribution in [2.24, 2.45) is 0 Å². The quantitative estimate of drug-likeness (QED) is 0.878. The second-order valence-corrected chi connectivity index (χ2v) is 4.87. The first-order valence-electron chi connectivity index (χ1n) is 6.59. The molecule has 2 aromatic rings. The molecule has 0 fully saturated rings. The summed E-state index contributed by atoms with van der Waals surface area (Å²) in [6, 6.07) is 7.75. The summed E-state index contributed by atoms with van der Waals surface area (Å²) in [7, 11) is 0. The summed E-state index contributed by atoms with van der Waals surface area (Å²) in [5.41, 5.74) is 3.11. The maximum Gasteiger partial charge on any atom is 0.226 e. The third-order valence-corrected chi connectivity index (χ3v) is 2.94. The number of anilines is 2. The minimum atomic E-state index is -0.0235. The molecule has 0 aliphatic carbocycles. The van der Waals surface area contributed by atoms with Gasteiger partial charge in [0.1, 0.15) is 5.76 Å². The van der Waals surface area contributed by atoms with Crippen LogP contribution in [0, 0.1) is 20.8 Å². The molecule has 0 aliphatic rings. The van der Waals surface area contributed by atoms with Crippen LogP contribution in [0.25, 0.3) is 0 Å². The second kappa shape index (κ2) is 6.23. The molecule has 0 unspecified atom stereocenters. The van der Waals surface area contributed by atoms with E-state index in [1.54, 1.807) is 6.07 Å². The second-order valence-electron chi connectivity index (χ2n) is 4.87. The smallest absolute Gasteiger partial charge is 0.226 e. The highest BCUT2D eigenvalue weighted by molar-refractivity contribution is 5.91. The summed E-state index contributed by atoms with van der Waals surface area (Å²) in [6.45, 7) is 6.36. The van der Waals surface area contributed by atoms with Crippen molar-refractivity contribution in [3.05, 3.63) is 41.2 Å². The summed E-state index contributed by atoms with van der Waals surface area (Å²) in [4.78, 5) is 11.9. The van der Waals surface area contributed by atoms with Crippen molar-refractivity contribution in [2.45, 2.75) is 27.2 Å². The average molecular weight is 273 g/mol.